The summed E-state index contributed by atoms with van der Waals surface area (Å²) >= 11 is 0. The Kier molecular flexibility index (Phi) is 3.53. The molecule has 3 nitrogen and oxygen atoms in total. The fourth-order valence-electron chi connectivity index (χ4n) is 2.23. The predicted octanol–water partition coefficient (Wildman–Crippen LogP) is 2.23. The zero-order chi connectivity index (χ0) is 13.1. The van der Waals surface area contributed by atoms with Crippen LogP contribution in [-0.2, 0) is 17.8 Å². The van der Waals surface area contributed by atoms with Crippen LogP contribution in [0.2, 0.25) is 0 Å². The molecule has 96 valence electrons. The minimum absolute atomic E-state index is 0.324. The van der Waals surface area contributed by atoms with E-state index in [9.17, 15) is 5.02 Å². The Morgan fingerprint density at radius 1 is 1.11 bits per heavy atom. The van der Waals surface area contributed by atoms with Gasteiger partial charge >= 0.3 is 7.12 Å². The number of rotatable bonds is 3. The molecule has 0 spiro atoms. The van der Waals surface area contributed by atoms with Crippen LogP contribution in [0.1, 0.15) is 11.1 Å². The molecule has 1 atom stereocenters. The highest BCUT2D eigenvalue weighted by atomic mass is 16.6. The third kappa shape index (κ3) is 2.80. The van der Waals surface area contributed by atoms with Gasteiger partial charge in [0.05, 0.1) is 6.61 Å². The van der Waals surface area contributed by atoms with Crippen LogP contribution in [-0.4, -0.2) is 18.1 Å². The van der Waals surface area contributed by atoms with Crippen molar-refractivity contribution in [2.24, 2.45) is 0 Å². The van der Waals surface area contributed by atoms with Crippen LogP contribution in [0.25, 0.3) is 0 Å². The minimum Gasteiger partial charge on any atom is -0.534 e. The van der Waals surface area contributed by atoms with Gasteiger partial charge in [0.1, 0.15) is 11.8 Å². The van der Waals surface area contributed by atoms with E-state index < -0.39 is 7.12 Å². The Hall–Kier alpha value is -1.78. The van der Waals surface area contributed by atoms with Gasteiger partial charge in [0.15, 0.2) is 0 Å². The summed E-state index contributed by atoms with van der Waals surface area (Å²) in [5.41, 5.74) is 2.17. The molecule has 1 heterocycles. The van der Waals surface area contributed by atoms with Gasteiger partial charge in [-0.1, -0.05) is 48.5 Å². The lowest BCUT2D eigenvalue weighted by molar-refractivity contribution is 0.0647. The van der Waals surface area contributed by atoms with Crippen LogP contribution < -0.4 is 4.65 Å². The zero-order valence-corrected chi connectivity index (χ0v) is 10.5. The van der Waals surface area contributed by atoms with Crippen LogP contribution >= 0.6 is 0 Å². The third-order valence-corrected chi connectivity index (χ3v) is 3.27. The van der Waals surface area contributed by atoms with E-state index >= 15 is 0 Å². The highest BCUT2D eigenvalue weighted by molar-refractivity contribution is 6.46. The van der Waals surface area contributed by atoms with E-state index in [1.807, 2.05) is 54.6 Å². The average molecular weight is 254 g/mol. The Morgan fingerprint density at radius 3 is 2.68 bits per heavy atom. The second-order valence-electron chi connectivity index (χ2n) is 4.66. The first kappa shape index (κ1) is 12.3. The molecule has 0 fully saturated rings. The highest BCUT2D eigenvalue weighted by Gasteiger charge is 2.35. The van der Waals surface area contributed by atoms with Crippen molar-refractivity contribution in [2.75, 3.05) is 0 Å². The van der Waals surface area contributed by atoms with Gasteiger partial charge in [-0.05, 0) is 17.2 Å². The molecule has 19 heavy (non-hydrogen) atoms. The van der Waals surface area contributed by atoms with Crippen molar-refractivity contribution < 1.29 is 14.4 Å². The molecule has 0 aromatic heterocycles. The van der Waals surface area contributed by atoms with E-state index in [-0.39, 0.29) is 6.00 Å². The number of ether oxygens (including phenoxy) is 1. The summed E-state index contributed by atoms with van der Waals surface area (Å²) < 4.78 is 11.2. The summed E-state index contributed by atoms with van der Waals surface area (Å²) in [4.78, 5) is 0. The Morgan fingerprint density at radius 2 is 1.84 bits per heavy atom. The number of benzene rings is 2. The normalized spacial score (nSPS) is 17.7. The smallest absolute Gasteiger partial charge is 0.534 e. The van der Waals surface area contributed by atoms with Crippen molar-refractivity contribution in [3.8, 4) is 5.75 Å². The lowest BCUT2D eigenvalue weighted by atomic mass is 9.75. The monoisotopic (exact) mass is 254 g/mol. The van der Waals surface area contributed by atoms with Crippen LogP contribution in [0.4, 0.5) is 0 Å². The third-order valence-electron chi connectivity index (χ3n) is 3.27. The molecular formula is C15H15BO3. The average Bonchev–Trinajstić information content (AvgIpc) is 2.46. The number of hydrogen-bond donors (Lipinski definition) is 1. The van der Waals surface area contributed by atoms with Crippen LogP contribution in [0.5, 0.6) is 5.75 Å². The number of fused-ring (bicyclic) bond motifs is 1. The summed E-state index contributed by atoms with van der Waals surface area (Å²) in [5.74, 6) is 0.745. The molecule has 0 radical (unpaired) electrons. The molecule has 1 N–H and O–H groups in total. The lowest BCUT2D eigenvalue weighted by Gasteiger charge is -2.27. The first-order chi connectivity index (χ1) is 9.33. The van der Waals surface area contributed by atoms with Crippen molar-refractivity contribution in [1.82, 2.24) is 0 Å². The molecule has 2 aromatic carbocycles. The van der Waals surface area contributed by atoms with E-state index in [1.54, 1.807) is 0 Å². The largest absolute Gasteiger partial charge is 0.554 e. The number of para-hydroxylation sites is 1. The molecule has 0 amide bonds. The summed E-state index contributed by atoms with van der Waals surface area (Å²) in [6.45, 7) is 0.480. The standard InChI is InChI=1S/C15H15BO3/c17-16-15(18-11-12-6-2-1-3-7-12)10-13-8-4-5-9-14(13)19-16/h1-9,15,17H,10-11H2/t15-/m0/s1. The summed E-state index contributed by atoms with van der Waals surface area (Å²) in [6.07, 6.45) is 0.671. The topological polar surface area (TPSA) is 38.7 Å². The maximum atomic E-state index is 9.95. The summed E-state index contributed by atoms with van der Waals surface area (Å²) in [5, 5.41) is 9.95. The van der Waals surface area contributed by atoms with Gasteiger partial charge < -0.3 is 14.4 Å². The molecule has 0 aliphatic carbocycles. The molecular weight excluding hydrogens is 239 g/mol. The Bertz CT molecular complexity index is 544. The van der Waals surface area contributed by atoms with E-state index in [1.165, 1.54) is 0 Å². The van der Waals surface area contributed by atoms with E-state index in [4.69, 9.17) is 9.39 Å². The first-order valence-corrected chi connectivity index (χ1v) is 6.41. The molecule has 0 bridgehead atoms. The zero-order valence-electron chi connectivity index (χ0n) is 10.5. The maximum absolute atomic E-state index is 9.95. The van der Waals surface area contributed by atoms with Gasteiger partial charge in [-0.25, -0.2) is 0 Å². The molecule has 1 aliphatic rings. The van der Waals surface area contributed by atoms with Gasteiger partial charge in [-0.2, -0.15) is 0 Å². The minimum atomic E-state index is -0.904. The highest BCUT2D eigenvalue weighted by Crippen LogP contribution is 2.26. The lowest BCUT2D eigenvalue weighted by Crippen LogP contribution is -2.43. The molecule has 1 aliphatic heterocycles. The molecule has 3 rings (SSSR count). The Labute approximate surface area is 112 Å². The van der Waals surface area contributed by atoms with Crippen molar-refractivity contribution in [2.45, 2.75) is 19.0 Å². The predicted molar refractivity (Wildman–Crippen MR) is 73.8 cm³/mol. The summed E-state index contributed by atoms with van der Waals surface area (Å²) in [7, 11) is -0.904. The first-order valence-electron chi connectivity index (χ1n) is 6.41. The molecule has 4 heteroatoms. The van der Waals surface area contributed by atoms with Gasteiger partial charge in [0, 0.05) is 6.42 Å². The van der Waals surface area contributed by atoms with Gasteiger partial charge in [-0.15, -0.1) is 0 Å². The second-order valence-corrected chi connectivity index (χ2v) is 4.66. The number of hydrogen-bond acceptors (Lipinski definition) is 3. The van der Waals surface area contributed by atoms with Crippen LogP contribution in [0.3, 0.4) is 0 Å². The van der Waals surface area contributed by atoms with E-state index in [2.05, 4.69) is 0 Å². The van der Waals surface area contributed by atoms with Crippen molar-refractivity contribution in [1.29, 1.82) is 0 Å². The van der Waals surface area contributed by atoms with Crippen molar-refractivity contribution in [3.63, 3.8) is 0 Å². The SMILES string of the molecule is OB1Oc2ccccc2C[C@@H]1OCc1ccccc1. The molecule has 2 aromatic rings. The van der Waals surface area contributed by atoms with Gasteiger partial charge in [-0.3, -0.25) is 0 Å². The summed E-state index contributed by atoms with van der Waals surface area (Å²) in [6, 6.07) is 17.3. The molecule has 0 saturated heterocycles. The van der Waals surface area contributed by atoms with Gasteiger partial charge in [0.2, 0.25) is 0 Å². The quantitative estimate of drug-likeness (QED) is 0.853. The van der Waals surface area contributed by atoms with Crippen LogP contribution in [0, 0.1) is 0 Å². The van der Waals surface area contributed by atoms with E-state index in [0.717, 1.165) is 16.9 Å². The Balaban J connectivity index is 1.66. The maximum Gasteiger partial charge on any atom is 0.554 e. The van der Waals surface area contributed by atoms with Crippen molar-refractivity contribution >= 4 is 7.12 Å². The van der Waals surface area contributed by atoms with Gasteiger partial charge in [0.25, 0.3) is 0 Å². The van der Waals surface area contributed by atoms with Crippen LogP contribution in [0.15, 0.2) is 54.6 Å². The van der Waals surface area contributed by atoms with E-state index in [0.29, 0.717) is 13.0 Å². The fraction of sp³-hybridized carbons (Fsp3) is 0.200. The second kappa shape index (κ2) is 5.47. The fourth-order valence-corrected chi connectivity index (χ4v) is 2.23. The molecule has 0 unspecified atom stereocenters. The molecule has 0 saturated carbocycles. The van der Waals surface area contributed by atoms with Crippen molar-refractivity contribution in [3.05, 3.63) is 65.7 Å².